The number of anilines is 1. The Morgan fingerprint density at radius 1 is 1.06 bits per heavy atom. The van der Waals surface area contributed by atoms with Crippen molar-refractivity contribution in [2.24, 2.45) is 0 Å². The first-order chi connectivity index (χ1) is 8.56. The van der Waals surface area contributed by atoms with E-state index in [-0.39, 0.29) is 5.91 Å². The Labute approximate surface area is 106 Å². The van der Waals surface area contributed by atoms with Crippen LogP contribution in [0.25, 0.3) is 0 Å². The Bertz CT molecular complexity index is 576. The normalized spacial score (nSPS) is 10.2. The molecule has 0 radical (unpaired) electrons. The largest absolute Gasteiger partial charge is 0.320 e. The van der Waals surface area contributed by atoms with E-state index in [0.717, 1.165) is 22.5 Å². The average Bonchev–Trinajstić information content (AvgIpc) is 2.34. The van der Waals surface area contributed by atoms with E-state index in [0.29, 0.717) is 5.69 Å². The van der Waals surface area contributed by atoms with Gasteiger partial charge < -0.3 is 5.32 Å². The summed E-state index contributed by atoms with van der Waals surface area (Å²) >= 11 is 0. The monoisotopic (exact) mass is 241 g/mol. The molecule has 1 aromatic carbocycles. The first-order valence-electron chi connectivity index (χ1n) is 5.75. The molecule has 1 heterocycles. The van der Waals surface area contributed by atoms with Crippen molar-refractivity contribution in [1.29, 1.82) is 0 Å². The van der Waals surface area contributed by atoms with Gasteiger partial charge in [-0.2, -0.15) is 5.10 Å². The first kappa shape index (κ1) is 12.2. The van der Waals surface area contributed by atoms with Crippen molar-refractivity contribution in [2.75, 3.05) is 5.32 Å². The molecule has 4 heteroatoms. The van der Waals surface area contributed by atoms with E-state index in [9.17, 15) is 4.79 Å². The van der Waals surface area contributed by atoms with Gasteiger partial charge in [0.05, 0.1) is 5.69 Å². The molecule has 4 nitrogen and oxygen atoms in total. The third-order valence-corrected chi connectivity index (χ3v) is 2.67. The Morgan fingerprint density at radius 2 is 1.83 bits per heavy atom. The van der Waals surface area contributed by atoms with Gasteiger partial charge in [0.15, 0.2) is 5.69 Å². The zero-order valence-corrected chi connectivity index (χ0v) is 10.7. The molecule has 2 rings (SSSR count). The minimum atomic E-state index is -0.240. The molecule has 0 aliphatic rings. The molecule has 2 aromatic rings. The van der Waals surface area contributed by atoms with Crippen LogP contribution in [0.3, 0.4) is 0 Å². The molecule has 0 saturated heterocycles. The Morgan fingerprint density at radius 3 is 2.50 bits per heavy atom. The number of carbonyl (C=O) groups excluding carboxylic acids is 1. The number of hydrogen-bond donors (Lipinski definition) is 1. The lowest BCUT2D eigenvalue weighted by Gasteiger charge is -2.08. The van der Waals surface area contributed by atoms with Gasteiger partial charge in [-0.3, -0.25) is 4.79 Å². The molecule has 0 unspecified atom stereocenters. The number of amides is 1. The lowest BCUT2D eigenvalue weighted by atomic mass is 10.1. The maximum atomic E-state index is 12.0. The summed E-state index contributed by atoms with van der Waals surface area (Å²) < 4.78 is 0. The molecular weight excluding hydrogens is 226 g/mol. The van der Waals surface area contributed by atoms with Gasteiger partial charge in [0.25, 0.3) is 5.91 Å². The summed E-state index contributed by atoms with van der Waals surface area (Å²) in [5, 5.41) is 10.6. The maximum absolute atomic E-state index is 12.0. The average molecular weight is 241 g/mol. The molecule has 0 aliphatic carbocycles. The molecule has 1 N–H and O–H groups in total. The fourth-order valence-corrected chi connectivity index (χ4v) is 1.58. The van der Waals surface area contributed by atoms with Crippen LogP contribution in [-0.2, 0) is 0 Å². The summed E-state index contributed by atoms with van der Waals surface area (Å²) in [7, 11) is 0. The van der Waals surface area contributed by atoms with Crippen molar-refractivity contribution in [1.82, 2.24) is 10.2 Å². The van der Waals surface area contributed by atoms with Crippen LogP contribution in [-0.4, -0.2) is 16.1 Å². The van der Waals surface area contributed by atoms with E-state index >= 15 is 0 Å². The van der Waals surface area contributed by atoms with Gasteiger partial charge in [-0.05, 0) is 50.1 Å². The molecule has 0 atom stereocenters. The molecule has 0 fully saturated rings. The third kappa shape index (κ3) is 2.71. The van der Waals surface area contributed by atoms with Crippen molar-refractivity contribution in [3.63, 3.8) is 0 Å². The summed E-state index contributed by atoms with van der Waals surface area (Å²) in [4.78, 5) is 12.0. The van der Waals surface area contributed by atoms with Crippen molar-refractivity contribution >= 4 is 11.6 Å². The molecular formula is C14H15N3O. The SMILES string of the molecule is Cc1ccc(C)c(NC(=O)c2ccc(C)nn2)c1. The van der Waals surface area contributed by atoms with Gasteiger partial charge >= 0.3 is 0 Å². The lowest BCUT2D eigenvalue weighted by molar-refractivity contribution is 0.102. The Kier molecular flexibility index (Phi) is 3.37. The van der Waals surface area contributed by atoms with Crippen LogP contribution in [0.1, 0.15) is 27.3 Å². The highest BCUT2D eigenvalue weighted by molar-refractivity contribution is 6.03. The predicted molar refractivity (Wildman–Crippen MR) is 70.6 cm³/mol. The highest BCUT2D eigenvalue weighted by Crippen LogP contribution is 2.16. The van der Waals surface area contributed by atoms with E-state index in [1.165, 1.54) is 0 Å². The summed E-state index contributed by atoms with van der Waals surface area (Å²) in [5.74, 6) is -0.240. The molecule has 0 spiro atoms. The van der Waals surface area contributed by atoms with Crippen LogP contribution in [0.15, 0.2) is 30.3 Å². The lowest BCUT2D eigenvalue weighted by Crippen LogP contribution is -2.15. The van der Waals surface area contributed by atoms with Gasteiger partial charge in [0.2, 0.25) is 0 Å². The summed E-state index contributed by atoms with van der Waals surface area (Å²) in [6, 6.07) is 9.37. The number of nitrogens with zero attached hydrogens (tertiary/aromatic N) is 2. The van der Waals surface area contributed by atoms with Crippen molar-refractivity contribution in [3.05, 3.63) is 52.8 Å². The van der Waals surface area contributed by atoms with Crippen LogP contribution in [0.4, 0.5) is 5.69 Å². The number of benzene rings is 1. The number of carbonyl (C=O) groups is 1. The summed E-state index contributed by atoms with van der Waals surface area (Å²) in [6.07, 6.45) is 0. The zero-order chi connectivity index (χ0) is 13.1. The van der Waals surface area contributed by atoms with Gasteiger partial charge in [-0.25, -0.2) is 0 Å². The maximum Gasteiger partial charge on any atom is 0.276 e. The fraction of sp³-hybridized carbons (Fsp3) is 0.214. The Hall–Kier alpha value is -2.23. The summed E-state index contributed by atoms with van der Waals surface area (Å²) in [6.45, 7) is 5.77. The molecule has 0 aliphatic heterocycles. The third-order valence-electron chi connectivity index (χ3n) is 2.67. The van der Waals surface area contributed by atoms with E-state index in [1.807, 2.05) is 39.0 Å². The zero-order valence-electron chi connectivity index (χ0n) is 10.7. The number of hydrogen-bond acceptors (Lipinski definition) is 3. The van der Waals surface area contributed by atoms with E-state index in [2.05, 4.69) is 15.5 Å². The molecule has 0 saturated carbocycles. The predicted octanol–water partition coefficient (Wildman–Crippen LogP) is 2.65. The topological polar surface area (TPSA) is 54.9 Å². The molecule has 18 heavy (non-hydrogen) atoms. The Balaban J connectivity index is 2.21. The first-order valence-corrected chi connectivity index (χ1v) is 5.75. The van der Waals surface area contributed by atoms with Crippen molar-refractivity contribution in [3.8, 4) is 0 Å². The number of nitrogens with one attached hydrogen (secondary N) is 1. The minimum absolute atomic E-state index is 0.240. The molecule has 92 valence electrons. The second kappa shape index (κ2) is 4.96. The number of rotatable bonds is 2. The second-order valence-corrected chi connectivity index (χ2v) is 4.33. The highest BCUT2D eigenvalue weighted by Gasteiger charge is 2.09. The van der Waals surface area contributed by atoms with Gasteiger partial charge in [-0.1, -0.05) is 12.1 Å². The van der Waals surface area contributed by atoms with Gasteiger partial charge in [0, 0.05) is 5.69 Å². The van der Waals surface area contributed by atoms with Crippen LogP contribution in [0.5, 0.6) is 0 Å². The van der Waals surface area contributed by atoms with Crippen LogP contribution < -0.4 is 5.32 Å². The highest BCUT2D eigenvalue weighted by atomic mass is 16.1. The number of aromatic nitrogens is 2. The van der Waals surface area contributed by atoms with Gasteiger partial charge in [0.1, 0.15) is 0 Å². The fourth-order valence-electron chi connectivity index (χ4n) is 1.58. The van der Waals surface area contributed by atoms with E-state index in [1.54, 1.807) is 12.1 Å². The van der Waals surface area contributed by atoms with Crippen molar-refractivity contribution in [2.45, 2.75) is 20.8 Å². The minimum Gasteiger partial charge on any atom is -0.320 e. The van der Waals surface area contributed by atoms with Crippen LogP contribution in [0.2, 0.25) is 0 Å². The second-order valence-electron chi connectivity index (χ2n) is 4.33. The van der Waals surface area contributed by atoms with Crippen molar-refractivity contribution < 1.29 is 4.79 Å². The molecule has 1 aromatic heterocycles. The summed E-state index contributed by atoms with van der Waals surface area (Å²) in [5.41, 5.74) is 4.04. The van der Waals surface area contributed by atoms with E-state index < -0.39 is 0 Å². The standard InChI is InChI=1S/C14H15N3O/c1-9-4-5-10(2)13(8-9)15-14(18)12-7-6-11(3)16-17-12/h4-8H,1-3H3,(H,15,18). The van der Waals surface area contributed by atoms with Gasteiger partial charge in [-0.15, -0.1) is 5.10 Å². The molecule has 1 amide bonds. The van der Waals surface area contributed by atoms with E-state index in [4.69, 9.17) is 0 Å². The smallest absolute Gasteiger partial charge is 0.276 e. The van der Waals surface area contributed by atoms with Crippen LogP contribution >= 0.6 is 0 Å². The molecule has 0 bridgehead atoms. The quantitative estimate of drug-likeness (QED) is 0.879. The van der Waals surface area contributed by atoms with Crippen LogP contribution in [0, 0.1) is 20.8 Å². The number of aryl methyl sites for hydroxylation is 3.